The Morgan fingerprint density at radius 1 is 1.10 bits per heavy atom. The van der Waals surface area contributed by atoms with E-state index in [4.69, 9.17) is 10.5 Å². The molecular formula is C25H27N3O2. The van der Waals surface area contributed by atoms with Gasteiger partial charge in [0.2, 0.25) is 0 Å². The van der Waals surface area contributed by atoms with Gasteiger partial charge in [-0.05, 0) is 60.6 Å². The number of nitrogen functional groups attached to an aromatic ring is 1. The van der Waals surface area contributed by atoms with Crippen LogP contribution in [-0.4, -0.2) is 24.1 Å². The number of hydrogen-bond donors (Lipinski definition) is 2. The van der Waals surface area contributed by atoms with Crippen molar-refractivity contribution in [3.63, 3.8) is 0 Å². The molecule has 0 spiro atoms. The van der Waals surface area contributed by atoms with Crippen LogP contribution in [0.25, 0.3) is 11.1 Å². The highest BCUT2D eigenvalue weighted by molar-refractivity contribution is 5.95. The Morgan fingerprint density at radius 2 is 1.80 bits per heavy atom. The number of ether oxygens (including phenoxy) is 1. The molecule has 0 radical (unpaired) electrons. The molecule has 1 aromatic heterocycles. The summed E-state index contributed by atoms with van der Waals surface area (Å²) in [6, 6.07) is 19.5. The number of pyridine rings is 1. The summed E-state index contributed by atoms with van der Waals surface area (Å²) in [7, 11) is 0. The third-order valence-corrected chi connectivity index (χ3v) is 5.74. The number of anilines is 1. The molecule has 30 heavy (non-hydrogen) atoms. The second kappa shape index (κ2) is 9.09. The molecule has 1 atom stereocenters. The van der Waals surface area contributed by atoms with Gasteiger partial charge >= 0.3 is 0 Å². The molecule has 1 fully saturated rings. The van der Waals surface area contributed by atoms with Gasteiger partial charge in [-0.25, -0.2) is 4.98 Å². The zero-order valence-corrected chi connectivity index (χ0v) is 17.2. The molecule has 3 N–H and O–H groups in total. The lowest BCUT2D eigenvalue weighted by molar-refractivity contribution is 0.0853. The molecule has 4 rings (SSSR count). The maximum Gasteiger partial charge on any atom is 0.251 e. The highest BCUT2D eigenvalue weighted by Gasteiger charge is 2.18. The lowest BCUT2D eigenvalue weighted by Gasteiger charge is -2.22. The number of rotatable bonds is 5. The molecule has 1 aliphatic heterocycles. The molecule has 2 heterocycles. The largest absolute Gasteiger partial charge is 0.383 e. The molecule has 1 unspecified atom stereocenters. The summed E-state index contributed by atoms with van der Waals surface area (Å²) in [5, 5.41) is 3.05. The van der Waals surface area contributed by atoms with Gasteiger partial charge in [-0.1, -0.05) is 42.5 Å². The Morgan fingerprint density at radius 3 is 2.50 bits per heavy atom. The fourth-order valence-corrected chi connectivity index (χ4v) is 3.88. The topological polar surface area (TPSA) is 77.2 Å². The Bertz CT molecular complexity index is 997. The van der Waals surface area contributed by atoms with E-state index in [1.807, 2.05) is 67.7 Å². The maximum absolute atomic E-state index is 12.6. The summed E-state index contributed by atoms with van der Waals surface area (Å²) in [5.74, 6) is 0.857. The lowest BCUT2D eigenvalue weighted by Crippen LogP contribution is -2.26. The Hall–Kier alpha value is -3.18. The van der Waals surface area contributed by atoms with Crippen LogP contribution in [0.1, 0.15) is 53.2 Å². The van der Waals surface area contributed by atoms with E-state index in [2.05, 4.69) is 16.4 Å². The molecule has 1 amide bonds. The molecule has 0 bridgehead atoms. The summed E-state index contributed by atoms with van der Waals surface area (Å²) < 4.78 is 5.47. The van der Waals surface area contributed by atoms with Crippen molar-refractivity contribution in [2.24, 2.45) is 0 Å². The van der Waals surface area contributed by atoms with Gasteiger partial charge in [-0.2, -0.15) is 0 Å². The van der Waals surface area contributed by atoms with Crippen LogP contribution >= 0.6 is 0 Å². The number of aromatic nitrogens is 1. The average molecular weight is 402 g/mol. The third kappa shape index (κ3) is 4.52. The van der Waals surface area contributed by atoms with Crippen LogP contribution < -0.4 is 11.1 Å². The van der Waals surface area contributed by atoms with E-state index in [-0.39, 0.29) is 11.9 Å². The monoisotopic (exact) mass is 401 g/mol. The number of benzene rings is 2. The van der Waals surface area contributed by atoms with E-state index in [1.165, 1.54) is 5.56 Å². The summed E-state index contributed by atoms with van der Waals surface area (Å²) in [4.78, 5) is 17.1. The number of carbonyl (C=O) groups excluding carboxylic acids is 1. The normalized spacial score (nSPS) is 15.5. The van der Waals surface area contributed by atoms with Gasteiger partial charge in [0.25, 0.3) is 5.91 Å². The van der Waals surface area contributed by atoms with Gasteiger partial charge in [-0.3, -0.25) is 4.79 Å². The minimum atomic E-state index is -0.0973. The highest BCUT2D eigenvalue weighted by Crippen LogP contribution is 2.32. The van der Waals surface area contributed by atoms with E-state index in [9.17, 15) is 4.79 Å². The fourth-order valence-electron chi connectivity index (χ4n) is 3.88. The van der Waals surface area contributed by atoms with Crippen molar-refractivity contribution in [1.29, 1.82) is 0 Å². The van der Waals surface area contributed by atoms with E-state index in [1.54, 1.807) is 0 Å². The quantitative estimate of drug-likeness (QED) is 0.649. The molecule has 0 aliphatic carbocycles. The molecule has 154 valence electrons. The first-order valence-electron chi connectivity index (χ1n) is 10.4. The van der Waals surface area contributed by atoms with E-state index < -0.39 is 0 Å². The minimum Gasteiger partial charge on any atom is -0.383 e. The predicted molar refractivity (Wildman–Crippen MR) is 119 cm³/mol. The number of nitrogens with zero attached hydrogens (tertiary/aromatic N) is 1. The van der Waals surface area contributed by atoms with Crippen LogP contribution in [0.4, 0.5) is 5.82 Å². The standard InChI is InChI=1S/C25H27N3O2/c1-17(18-5-3-2-4-6-18)28-25(29)21-9-7-20(8-10-21)23-15-22(16-27-24(23)26)19-11-13-30-14-12-19/h2-10,15-17,19H,11-14H2,1H3,(H2,26,27)(H,28,29). The molecule has 5 heteroatoms. The first-order valence-corrected chi connectivity index (χ1v) is 10.4. The van der Waals surface area contributed by atoms with Crippen molar-refractivity contribution in [1.82, 2.24) is 10.3 Å². The van der Waals surface area contributed by atoms with Gasteiger partial charge < -0.3 is 15.8 Å². The second-order valence-corrected chi connectivity index (χ2v) is 7.77. The van der Waals surface area contributed by atoms with E-state index in [0.29, 0.717) is 17.3 Å². The number of nitrogens with one attached hydrogen (secondary N) is 1. The van der Waals surface area contributed by atoms with Crippen molar-refractivity contribution in [3.8, 4) is 11.1 Å². The molecule has 1 aliphatic rings. The van der Waals surface area contributed by atoms with Gasteiger partial charge in [0, 0.05) is 30.5 Å². The molecule has 0 saturated carbocycles. The predicted octanol–water partition coefficient (Wildman–Crippen LogP) is 4.72. The Labute approximate surface area is 177 Å². The fraction of sp³-hybridized carbons (Fsp3) is 0.280. The molecule has 3 aromatic rings. The first-order chi connectivity index (χ1) is 14.6. The van der Waals surface area contributed by atoms with E-state index >= 15 is 0 Å². The number of amides is 1. The average Bonchev–Trinajstić information content (AvgIpc) is 2.80. The van der Waals surface area contributed by atoms with Crippen molar-refractivity contribution in [2.45, 2.75) is 31.7 Å². The van der Waals surface area contributed by atoms with Crippen molar-refractivity contribution in [3.05, 3.63) is 83.6 Å². The van der Waals surface area contributed by atoms with Gasteiger partial charge in [-0.15, -0.1) is 0 Å². The van der Waals surface area contributed by atoms with Crippen LogP contribution in [0.2, 0.25) is 0 Å². The summed E-state index contributed by atoms with van der Waals surface area (Å²) >= 11 is 0. The minimum absolute atomic E-state index is 0.0608. The summed E-state index contributed by atoms with van der Waals surface area (Å²) in [6.45, 7) is 3.56. The van der Waals surface area contributed by atoms with Gasteiger partial charge in [0.15, 0.2) is 0 Å². The van der Waals surface area contributed by atoms with Crippen molar-refractivity contribution >= 4 is 11.7 Å². The number of nitrogens with two attached hydrogens (primary N) is 1. The second-order valence-electron chi connectivity index (χ2n) is 7.77. The Kier molecular flexibility index (Phi) is 6.10. The maximum atomic E-state index is 12.6. The summed E-state index contributed by atoms with van der Waals surface area (Å²) in [6.07, 6.45) is 3.88. The molecule has 5 nitrogen and oxygen atoms in total. The van der Waals surface area contributed by atoms with E-state index in [0.717, 1.165) is 42.7 Å². The third-order valence-electron chi connectivity index (χ3n) is 5.74. The molecular weight excluding hydrogens is 374 g/mol. The molecule has 2 aromatic carbocycles. The zero-order chi connectivity index (χ0) is 20.9. The number of hydrogen-bond acceptors (Lipinski definition) is 4. The lowest BCUT2D eigenvalue weighted by atomic mass is 9.91. The van der Waals surface area contributed by atoms with Crippen LogP contribution in [0.15, 0.2) is 66.9 Å². The molecule has 1 saturated heterocycles. The highest BCUT2D eigenvalue weighted by atomic mass is 16.5. The smallest absolute Gasteiger partial charge is 0.251 e. The van der Waals surface area contributed by atoms with Crippen molar-refractivity contribution < 1.29 is 9.53 Å². The van der Waals surface area contributed by atoms with Gasteiger partial charge in [0.05, 0.1) is 6.04 Å². The Balaban J connectivity index is 1.50. The summed E-state index contributed by atoms with van der Waals surface area (Å²) in [5.41, 5.74) is 10.9. The zero-order valence-electron chi connectivity index (χ0n) is 17.2. The first kappa shape index (κ1) is 20.1. The SMILES string of the molecule is CC(NC(=O)c1ccc(-c2cc(C3CCOCC3)cnc2N)cc1)c1ccccc1. The van der Waals surface area contributed by atoms with Crippen LogP contribution in [0, 0.1) is 0 Å². The van der Waals surface area contributed by atoms with Crippen LogP contribution in [0.3, 0.4) is 0 Å². The van der Waals surface area contributed by atoms with Gasteiger partial charge in [0.1, 0.15) is 5.82 Å². The van der Waals surface area contributed by atoms with Crippen LogP contribution in [0.5, 0.6) is 0 Å². The number of carbonyl (C=O) groups is 1. The van der Waals surface area contributed by atoms with Crippen LogP contribution in [-0.2, 0) is 4.74 Å². The van der Waals surface area contributed by atoms with Crippen molar-refractivity contribution in [2.75, 3.05) is 18.9 Å².